The van der Waals surface area contributed by atoms with E-state index in [0.29, 0.717) is 6.54 Å². The number of amides is 1. The summed E-state index contributed by atoms with van der Waals surface area (Å²) in [6.45, 7) is 2.70. The second-order valence-electron chi connectivity index (χ2n) is 4.06. The summed E-state index contributed by atoms with van der Waals surface area (Å²) in [5.74, 6) is 0.492. The normalized spacial score (nSPS) is 15.1. The van der Waals surface area contributed by atoms with E-state index >= 15 is 0 Å². The van der Waals surface area contributed by atoms with Crippen LogP contribution in [0.1, 0.15) is 24.0 Å². The van der Waals surface area contributed by atoms with E-state index < -0.39 is 0 Å². The van der Waals surface area contributed by atoms with E-state index in [4.69, 9.17) is 0 Å². The van der Waals surface area contributed by atoms with Crippen LogP contribution in [0.3, 0.4) is 0 Å². The predicted molar refractivity (Wildman–Crippen MR) is 63.4 cm³/mol. The first-order valence-corrected chi connectivity index (χ1v) is 5.99. The molecule has 0 saturated heterocycles. The minimum absolute atomic E-state index is 0.203. The zero-order valence-corrected chi connectivity index (χ0v) is 10.3. The number of aryl methyl sites for hydroxylation is 1. The number of benzene rings is 1. The Balaban J connectivity index is 1.97. The molecule has 15 heavy (non-hydrogen) atoms. The van der Waals surface area contributed by atoms with Crippen LogP contribution in [0.25, 0.3) is 0 Å². The molecule has 1 aliphatic carbocycles. The molecule has 1 aliphatic rings. The minimum Gasteiger partial charge on any atom is -0.352 e. The van der Waals surface area contributed by atoms with Crippen LogP contribution in [0.4, 0.5) is 0 Å². The monoisotopic (exact) mass is 267 g/mol. The Morgan fingerprint density at radius 3 is 2.93 bits per heavy atom. The average Bonchev–Trinajstić information content (AvgIpc) is 3.02. The van der Waals surface area contributed by atoms with E-state index in [9.17, 15) is 4.79 Å². The molecule has 3 heteroatoms. The average molecular weight is 268 g/mol. The van der Waals surface area contributed by atoms with Gasteiger partial charge in [-0.15, -0.1) is 0 Å². The van der Waals surface area contributed by atoms with Crippen molar-refractivity contribution >= 4 is 21.8 Å². The molecule has 0 radical (unpaired) electrons. The van der Waals surface area contributed by atoms with Gasteiger partial charge in [-0.2, -0.15) is 0 Å². The van der Waals surface area contributed by atoms with Gasteiger partial charge in [0, 0.05) is 16.9 Å². The summed E-state index contributed by atoms with van der Waals surface area (Å²) in [4.78, 5) is 11.5. The lowest BCUT2D eigenvalue weighted by atomic mass is 10.1. The van der Waals surface area contributed by atoms with Crippen LogP contribution in [-0.4, -0.2) is 5.91 Å². The molecule has 0 aliphatic heterocycles. The molecule has 1 amide bonds. The second kappa shape index (κ2) is 4.35. The van der Waals surface area contributed by atoms with Crippen LogP contribution < -0.4 is 5.32 Å². The predicted octanol–water partition coefficient (Wildman–Crippen LogP) is 2.78. The summed E-state index contributed by atoms with van der Waals surface area (Å²) in [6, 6.07) is 6.13. The van der Waals surface area contributed by atoms with Crippen LogP contribution in [0, 0.1) is 12.8 Å². The van der Waals surface area contributed by atoms with Gasteiger partial charge in [-0.05, 0) is 43.0 Å². The topological polar surface area (TPSA) is 29.1 Å². The maximum absolute atomic E-state index is 11.5. The quantitative estimate of drug-likeness (QED) is 0.897. The van der Waals surface area contributed by atoms with Gasteiger partial charge in [0.2, 0.25) is 5.91 Å². The van der Waals surface area contributed by atoms with Crippen molar-refractivity contribution in [1.29, 1.82) is 0 Å². The van der Waals surface area contributed by atoms with E-state index in [-0.39, 0.29) is 11.8 Å². The molecule has 1 fully saturated rings. The number of carbonyl (C=O) groups excluding carboxylic acids is 1. The number of carbonyl (C=O) groups is 1. The molecule has 1 aromatic carbocycles. The van der Waals surface area contributed by atoms with Gasteiger partial charge in [0.05, 0.1) is 0 Å². The van der Waals surface area contributed by atoms with Crippen molar-refractivity contribution in [3.63, 3.8) is 0 Å². The van der Waals surface area contributed by atoms with Gasteiger partial charge >= 0.3 is 0 Å². The van der Waals surface area contributed by atoms with Gasteiger partial charge < -0.3 is 5.32 Å². The zero-order chi connectivity index (χ0) is 10.8. The third-order valence-electron chi connectivity index (χ3n) is 2.71. The van der Waals surface area contributed by atoms with Crippen molar-refractivity contribution in [2.24, 2.45) is 5.92 Å². The summed E-state index contributed by atoms with van der Waals surface area (Å²) in [5, 5.41) is 2.97. The van der Waals surface area contributed by atoms with E-state index in [1.54, 1.807) is 0 Å². The van der Waals surface area contributed by atoms with Gasteiger partial charge in [0.1, 0.15) is 0 Å². The van der Waals surface area contributed by atoms with Crippen LogP contribution in [-0.2, 0) is 11.3 Å². The van der Waals surface area contributed by atoms with Gasteiger partial charge in [-0.1, -0.05) is 22.0 Å². The molecular formula is C12H14BrNO. The van der Waals surface area contributed by atoms with Gasteiger partial charge in [-0.25, -0.2) is 0 Å². The molecule has 2 nitrogen and oxygen atoms in total. The fourth-order valence-electron chi connectivity index (χ4n) is 1.50. The maximum Gasteiger partial charge on any atom is 0.223 e. The van der Waals surface area contributed by atoms with E-state index in [1.165, 1.54) is 11.1 Å². The van der Waals surface area contributed by atoms with Gasteiger partial charge in [0.15, 0.2) is 0 Å². The molecule has 1 saturated carbocycles. The van der Waals surface area contributed by atoms with Crippen molar-refractivity contribution in [1.82, 2.24) is 5.32 Å². The van der Waals surface area contributed by atoms with Gasteiger partial charge in [0.25, 0.3) is 0 Å². The largest absolute Gasteiger partial charge is 0.352 e. The van der Waals surface area contributed by atoms with Crippen LogP contribution in [0.15, 0.2) is 22.7 Å². The number of hydrogen-bond donors (Lipinski definition) is 1. The maximum atomic E-state index is 11.5. The van der Waals surface area contributed by atoms with Crippen molar-refractivity contribution in [3.8, 4) is 0 Å². The lowest BCUT2D eigenvalue weighted by molar-refractivity contribution is -0.122. The highest BCUT2D eigenvalue weighted by molar-refractivity contribution is 9.10. The van der Waals surface area contributed by atoms with Crippen molar-refractivity contribution in [2.45, 2.75) is 26.3 Å². The number of nitrogens with one attached hydrogen (secondary N) is 1. The zero-order valence-electron chi connectivity index (χ0n) is 8.72. The fourth-order valence-corrected chi connectivity index (χ4v) is 1.91. The summed E-state index contributed by atoms with van der Waals surface area (Å²) in [5.41, 5.74) is 2.40. The molecule has 2 rings (SSSR count). The second-order valence-corrected chi connectivity index (χ2v) is 4.98. The standard InChI is InChI=1S/C12H14BrNO/c1-8-2-5-11(13)6-10(8)7-14-12(15)9-3-4-9/h2,5-6,9H,3-4,7H2,1H3,(H,14,15). The molecule has 1 aromatic rings. The Labute approximate surface area is 98.2 Å². The molecular weight excluding hydrogens is 254 g/mol. The van der Waals surface area contributed by atoms with E-state index in [0.717, 1.165) is 17.3 Å². The first-order chi connectivity index (χ1) is 7.16. The smallest absolute Gasteiger partial charge is 0.223 e. The first kappa shape index (κ1) is 10.7. The number of rotatable bonds is 3. The Morgan fingerprint density at radius 2 is 2.27 bits per heavy atom. The van der Waals surface area contributed by atoms with Crippen LogP contribution >= 0.6 is 15.9 Å². The number of hydrogen-bond acceptors (Lipinski definition) is 1. The summed E-state index contributed by atoms with van der Waals surface area (Å²) in [7, 11) is 0. The van der Waals surface area contributed by atoms with E-state index in [2.05, 4.69) is 40.3 Å². The molecule has 0 aromatic heterocycles. The SMILES string of the molecule is Cc1ccc(Br)cc1CNC(=O)C1CC1. The summed E-state index contributed by atoms with van der Waals surface area (Å²) < 4.78 is 1.06. The Kier molecular flexibility index (Phi) is 3.10. The Bertz CT molecular complexity index is 385. The molecule has 0 spiro atoms. The molecule has 0 bridgehead atoms. The molecule has 80 valence electrons. The first-order valence-electron chi connectivity index (χ1n) is 5.19. The third kappa shape index (κ3) is 2.81. The lowest BCUT2D eigenvalue weighted by Gasteiger charge is -2.08. The molecule has 0 unspecified atom stereocenters. The summed E-state index contributed by atoms with van der Waals surface area (Å²) >= 11 is 3.43. The fraction of sp³-hybridized carbons (Fsp3) is 0.417. The third-order valence-corrected chi connectivity index (χ3v) is 3.21. The van der Waals surface area contributed by atoms with E-state index in [1.807, 2.05) is 6.07 Å². The van der Waals surface area contributed by atoms with Gasteiger partial charge in [-0.3, -0.25) is 4.79 Å². The summed E-state index contributed by atoms with van der Waals surface area (Å²) in [6.07, 6.45) is 2.12. The Morgan fingerprint density at radius 1 is 1.53 bits per heavy atom. The molecule has 0 heterocycles. The van der Waals surface area contributed by atoms with Crippen molar-refractivity contribution < 1.29 is 4.79 Å². The van der Waals surface area contributed by atoms with Crippen LogP contribution in [0.2, 0.25) is 0 Å². The number of halogens is 1. The van der Waals surface area contributed by atoms with Crippen molar-refractivity contribution in [3.05, 3.63) is 33.8 Å². The molecule has 0 atom stereocenters. The molecule has 1 N–H and O–H groups in total. The highest BCUT2D eigenvalue weighted by Crippen LogP contribution is 2.28. The minimum atomic E-state index is 0.203. The Hall–Kier alpha value is -0.830. The highest BCUT2D eigenvalue weighted by atomic mass is 79.9. The lowest BCUT2D eigenvalue weighted by Crippen LogP contribution is -2.24. The van der Waals surface area contributed by atoms with Crippen molar-refractivity contribution in [2.75, 3.05) is 0 Å². The highest BCUT2D eigenvalue weighted by Gasteiger charge is 2.29. The van der Waals surface area contributed by atoms with Crippen LogP contribution in [0.5, 0.6) is 0 Å².